The lowest BCUT2D eigenvalue weighted by atomic mass is 9.76. The summed E-state index contributed by atoms with van der Waals surface area (Å²) in [6.07, 6.45) is 5.55. The fourth-order valence-corrected chi connectivity index (χ4v) is 7.13. The molecule has 1 atom stereocenters. The number of nitrogens with zero attached hydrogens (tertiary/aromatic N) is 6. The third kappa shape index (κ3) is 6.27. The first-order valence-corrected chi connectivity index (χ1v) is 15.8. The summed E-state index contributed by atoms with van der Waals surface area (Å²) in [6.45, 7) is 3.63. The highest BCUT2D eigenvalue weighted by molar-refractivity contribution is 6.42. The molecule has 2 fully saturated rings. The zero-order chi connectivity index (χ0) is 31.4. The Morgan fingerprint density at radius 1 is 0.978 bits per heavy atom. The van der Waals surface area contributed by atoms with Crippen LogP contribution in [0.15, 0.2) is 73.1 Å². The molecule has 4 aromatic rings. The van der Waals surface area contributed by atoms with Crippen LogP contribution in [0.25, 0.3) is 5.69 Å². The number of nitrogens with one attached hydrogen (secondary N) is 1. The van der Waals surface area contributed by atoms with Gasteiger partial charge < -0.3 is 19.9 Å². The van der Waals surface area contributed by atoms with Crippen LogP contribution in [0.4, 0.5) is 0 Å². The summed E-state index contributed by atoms with van der Waals surface area (Å²) in [6, 6.07) is 21.3. The molecule has 12 heteroatoms. The maximum Gasteiger partial charge on any atom is 0.257 e. The van der Waals surface area contributed by atoms with Gasteiger partial charge in [-0.25, -0.2) is 4.68 Å². The Kier molecular flexibility index (Phi) is 9.07. The van der Waals surface area contributed by atoms with E-state index in [2.05, 4.69) is 37.9 Å². The van der Waals surface area contributed by atoms with Crippen molar-refractivity contribution in [3.63, 3.8) is 0 Å². The molecule has 6 rings (SSSR count). The molecule has 3 heterocycles. The van der Waals surface area contributed by atoms with Gasteiger partial charge in [-0.05, 0) is 84.1 Å². The van der Waals surface area contributed by atoms with Crippen LogP contribution in [0.3, 0.4) is 0 Å². The molecule has 2 aliphatic heterocycles. The van der Waals surface area contributed by atoms with E-state index >= 15 is 0 Å². The lowest BCUT2D eigenvalue weighted by Crippen LogP contribution is -2.51. The van der Waals surface area contributed by atoms with Gasteiger partial charge in [0.1, 0.15) is 12.1 Å². The summed E-state index contributed by atoms with van der Waals surface area (Å²) in [5.74, 6) is 0.372. The van der Waals surface area contributed by atoms with Gasteiger partial charge in [0.05, 0.1) is 33.9 Å². The Labute approximate surface area is 272 Å². The Bertz CT molecular complexity index is 1650. The highest BCUT2D eigenvalue weighted by Crippen LogP contribution is 2.42. The standard InChI is InChI=1S/C33H35Cl2N7O3/c1-45-30-10-8-26(42-22-37-38-39-42)20-27(30)31(44)41-18-12-32(21-41,25-7-9-28(34)29(35)19-25)11-15-40-16-13-33(14-17-40,36-23-43)24-5-3-2-4-6-24/h2-10,19-20,22-23H,11-18,21H2,1H3,(H,36,43)/t32-/m1/s1. The Morgan fingerprint density at radius 2 is 1.78 bits per heavy atom. The zero-order valence-electron chi connectivity index (χ0n) is 25.0. The van der Waals surface area contributed by atoms with Crippen LogP contribution >= 0.6 is 23.2 Å². The maximum absolute atomic E-state index is 14.1. The van der Waals surface area contributed by atoms with E-state index < -0.39 is 0 Å². The number of amides is 2. The first-order valence-electron chi connectivity index (χ1n) is 15.0. The predicted octanol–water partition coefficient (Wildman–Crippen LogP) is 4.89. The highest BCUT2D eigenvalue weighted by Gasteiger charge is 2.43. The Hall–Kier alpha value is -3.99. The van der Waals surface area contributed by atoms with E-state index in [-0.39, 0.29) is 16.9 Å². The number of rotatable bonds is 10. The molecule has 0 unspecified atom stereocenters. The average molecular weight is 649 g/mol. The first kappa shape index (κ1) is 31.0. The fourth-order valence-electron chi connectivity index (χ4n) is 6.83. The summed E-state index contributed by atoms with van der Waals surface area (Å²) < 4.78 is 7.09. The van der Waals surface area contributed by atoms with E-state index in [0.29, 0.717) is 40.1 Å². The van der Waals surface area contributed by atoms with Crippen LogP contribution in [-0.4, -0.2) is 82.2 Å². The second-order valence-electron chi connectivity index (χ2n) is 11.8. The van der Waals surface area contributed by atoms with E-state index in [1.807, 2.05) is 47.4 Å². The molecule has 10 nitrogen and oxygen atoms in total. The largest absolute Gasteiger partial charge is 0.496 e. The van der Waals surface area contributed by atoms with E-state index in [0.717, 1.165) is 62.9 Å². The van der Waals surface area contributed by atoms with Crippen LogP contribution in [0.1, 0.15) is 47.2 Å². The second-order valence-corrected chi connectivity index (χ2v) is 12.6. The number of tetrazole rings is 1. The predicted molar refractivity (Wildman–Crippen MR) is 172 cm³/mol. The molecule has 2 aliphatic rings. The van der Waals surface area contributed by atoms with Crippen LogP contribution in [0, 0.1) is 0 Å². The number of ether oxygens (including phenoxy) is 1. The van der Waals surface area contributed by atoms with Gasteiger partial charge in [-0.15, -0.1) is 5.10 Å². The van der Waals surface area contributed by atoms with Crippen LogP contribution in [-0.2, 0) is 15.7 Å². The Balaban J connectivity index is 1.22. The zero-order valence-corrected chi connectivity index (χ0v) is 26.5. The molecule has 1 aromatic heterocycles. The van der Waals surface area contributed by atoms with Crippen molar-refractivity contribution < 1.29 is 14.3 Å². The topological polar surface area (TPSA) is 105 Å². The molecule has 2 amide bonds. The number of halogens is 2. The van der Waals surface area contributed by atoms with E-state index in [1.165, 1.54) is 11.0 Å². The van der Waals surface area contributed by atoms with Crippen molar-refractivity contribution in [1.82, 2.24) is 35.3 Å². The van der Waals surface area contributed by atoms with Gasteiger partial charge in [-0.1, -0.05) is 59.6 Å². The number of hydrogen-bond donors (Lipinski definition) is 1. The fraction of sp³-hybridized carbons (Fsp3) is 0.364. The number of piperidine rings is 1. The molecule has 1 N–H and O–H groups in total. The molecule has 0 spiro atoms. The lowest BCUT2D eigenvalue weighted by Gasteiger charge is -2.43. The number of carbonyl (C=O) groups excluding carboxylic acids is 2. The normalized spacial score (nSPS) is 19.8. The molecule has 2 saturated heterocycles. The molecular weight excluding hydrogens is 613 g/mol. The monoisotopic (exact) mass is 647 g/mol. The SMILES string of the molecule is COc1ccc(-n2cnnn2)cc1C(=O)N1CC[C@@](CCN2CCC(NC=O)(c3ccccc3)CC2)(c2ccc(Cl)c(Cl)c2)C1. The molecule has 3 aromatic carbocycles. The molecular formula is C33H35Cl2N7O3. The summed E-state index contributed by atoms with van der Waals surface area (Å²) in [5.41, 5.74) is 2.63. The quantitative estimate of drug-likeness (QED) is 0.244. The van der Waals surface area contributed by atoms with Gasteiger partial charge in [0, 0.05) is 31.6 Å². The minimum Gasteiger partial charge on any atom is -0.496 e. The molecule has 234 valence electrons. The minimum atomic E-state index is -0.368. The van der Waals surface area contributed by atoms with Crippen LogP contribution in [0.2, 0.25) is 10.0 Å². The minimum absolute atomic E-state index is 0.116. The molecule has 0 bridgehead atoms. The van der Waals surface area contributed by atoms with Crippen molar-refractivity contribution in [2.75, 3.05) is 39.8 Å². The maximum atomic E-state index is 14.1. The third-order valence-electron chi connectivity index (χ3n) is 9.48. The van der Waals surface area contributed by atoms with E-state index in [1.54, 1.807) is 19.2 Å². The first-order chi connectivity index (χ1) is 21.9. The van der Waals surface area contributed by atoms with Crippen molar-refractivity contribution in [3.05, 3.63) is 99.8 Å². The summed E-state index contributed by atoms with van der Waals surface area (Å²) >= 11 is 12.8. The smallest absolute Gasteiger partial charge is 0.257 e. The number of aromatic nitrogens is 4. The number of methoxy groups -OCH3 is 1. The van der Waals surface area contributed by atoms with Gasteiger partial charge in [-0.3, -0.25) is 9.59 Å². The summed E-state index contributed by atoms with van der Waals surface area (Å²) in [7, 11) is 1.56. The average Bonchev–Trinajstić information content (AvgIpc) is 3.78. The number of likely N-dealkylation sites (tertiary alicyclic amines) is 2. The van der Waals surface area contributed by atoms with E-state index in [4.69, 9.17) is 27.9 Å². The van der Waals surface area contributed by atoms with Crippen molar-refractivity contribution in [3.8, 4) is 11.4 Å². The second kappa shape index (κ2) is 13.2. The third-order valence-corrected chi connectivity index (χ3v) is 10.2. The van der Waals surface area contributed by atoms with Crippen molar-refractivity contribution in [2.45, 2.75) is 36.6 Å². The van der Waals surface area contributed by atoms with Crippen molar-refractivity contribution in [2.24, 2.45) is 0 Å². The van der Waals surface area contributed by atoms with Gasteiger partial charge in [0.2, 0.25) is 6.41 Å². The summed E-state index contributed by atoms with van der Waals surface area (Å²) in [4.78, 5) is 30.0. The molecule has 45 heavy (non-hydrogen) atoms. The van der Waals surface area contributed by atoms with E-state index in [9.17, 15) is 9.59 Å². The van der Waals surface area contributed by atoms with Crippen molar-refractivity contribution in [1.29, 1.82) is 0 Å². The molecule has 0 saturated carbocycles. The number of benzene rings is 3. The molecule has 0 radical (unpaired) electrons. The molecule has 0 aliphatic carbocycles. The van der Waals surface area contributed by atoms with Crippen LogP contribution < -0.4 is 10.1 Å². The number of hydrogen-bond acceptors (Lipinski definition) is 7. The van der Waals surface area contributed by atoms with Gasteiger partial charge in [-0.2, -0.15) is 0 Å². The highest BCUT2D eigenvalue weighted by atomic mass is 35.5. The van der Waals surface area contributed by atoms with Gasteiger partial charge in [0.15, 0.2) is 0 Å². The lowest BCUT2D eigenvalue weighted by molar-refractivity contribution is -0.112. The Morgan fingerprint density at radius 3 is 2.47 bits per heavy atom. The van der Waals surface area contributed by atoms with Gasteiger partial charge >= 0.3 is 0 Å². The number of carbonyl (C=O) groups is 2. The van der Waals surface area contributed by atoms with Crippen molar-refractivity contribution >= 4 is 35.5 Å². The summed E-state index contributed by atoms with van der Waals surface area (Å²) in [5, 5.41) is 15.5. The van der Waals surface area contributed by atoms with Gasteiger partial charge in [0.25, 0.3) is 5.91 Å². The van der Waals surface area contributed by atoms with Crippen LogP contribution in [0.5, 0.6) is 5.75 Å².